The van der Waals surface area contributed by atoms with Crippen LogP contribution in [0.4, 0.5) is 0 Å². The van der Waals surface area contributed by atoms with Crippen LogP contribution in [0.3, 0.4) is 0 Å². The Labute approximate surface area is 124 Å². The quantitative estimate of drug-likeness (QED) is 0.678. The van der Waals surface area contributed by atoms with Crippen LogP contribution in [0.15, 0.2) is 0 Å². The van der Waals surface area contributed by atoms with E-state index >= 15 is 0 Å². The molecule has 2 amide bonds. The topological polar surface area (TPSA) is 95.9 Å². The lowest BCUT2D eigenvalue weighted by Crippen LogP contribution is -2.52. The number of esters is 1. The van der Waals surface area contributed by atoms with E-state index in [-0.39, 0.29) is 24.8 Å². The van der Waals surface area contributed by atoms with Crippen LogP contribution in [0, 0.1) is 5.92 Å². The van der Waals surface area contributed by atoms with Crippen LogP contribution in [-0.2, 0) is 19.1 Å². The van der Waals surface area contributed by atoms with Crippen LogP contribution < -0.4 is 5.32 Å². The lowest BCUT2D eigenvalue weighted by atomic mass is 9.98. The molecule has 4 atom stereocenters. The number of carbonyl (C=O) groups is 3. The van der Waals surface area contributed by atoms with Gasteiger partial charge in [0, 0.05) is 19.9 Å². The molecule has 120 valence electrons. The number of β-amino-alcohol motifs (C(OH)–C–C–N with tert-alkyl or cyclic N) is 1. The number of methoxy groups -OCH3 is 1. The predicted octanol–water partition coefficient (Wildman–Crippen LogP) is -0.328. The first-order valence-electron chi connectivity index (χ1n) is 7.15. The highest BCUT2D eigenvalue weighted by Gasteiger charge is 2.39. The van der Waals surface area contributed by atoms with Gasteiger partial charge in [-0.1, -0.05) is 20.3 Å². The van der Waals surface area contributed by atoms with Gasteiger partial charge >= 0.3 is 5.97 Å². The fourth-order valence-corrected chi connectivity index (χ4v) is 2.46. The molecule has 7 nitrogen and oxygen atoms in total. The number of nitrogens with one attached hydrogen (secondary N) is 1. The smallest absolute Gasteiger partial charge is 0.328 e. The molecule has 1 aliphatic rings. The Kier molecular flexibility index (Phi) is 6.14. The highest BCUT2D eigenvalue weighted by molar-refractivity contribution is 5.90. The number of nitrogens with zero attached hydrogens (tertiary/aromatic N) is 1. The van der Waals surface area contributed by atoms with Crippen molar-refractivity contribution < 1.29 is 24.2 Å². The second-order valence-corrected chi connectivity index (χ2v) is 5.47. The Morgan fingerprint density at radius 2 is 2.05 bits per heavy atom. The predicted molar refractivity (Wildman–Crippen MR) is 75.2 cm³/mol. The van der Waals surface area contributed by atoms with Crippen molar-refractivity contribution >= 4 is 17.8 Å². The van der Waals surface area contributed by atoms with E-state index in [2.05, 4.69) is 5.32 Å². The molecular formula is C14H24N2O5. The largest absolute Gasteiger partial charge is 0.467 e. The van der Waals surface area contributed by atoms with E-state index in [0.717, 1.165) is 0 Å². The number of likely N-dealkylation sites (tertiary alicyclic amines) is 1. The molecule has 1 saturated heterocycles. The van der Waals surface area contributed by atoms with Crippen molar-refractivity contribution in [2.24, 2.45) is 5.92 Å². The molecule has 21 heavy (non-hydrogen) atoms. The van der Waals surface area contributed by atoms with E-state index in [1.807, 2.05) is 13.8 Å². The zero-order valence-electron chi connectivity index (χ0n) is 13.0. The molecule has 0 aromatic heterocycles. The number of aliphatic hydroxyl groups is 1. The van der Waals surface area contributed by atoms with Crippen LogP contribution in [0.25, 0.3) is 0 Å². The van der Waals surface area contributed by atoms with Crippen LogP contribution >= 0.6 is 0 Å². The highest BCUT2D eigenvalue weighted by Crippen LogP contribution is 2.19. The molecule has 0 bridgehead atoms. The zero-order chi connectivity index (χ0) is 16.2. The van der Waals surface area contributed by atoms with Crippen molar-refractivity contribution in [2.45, 2.75) is 51.8 Å². The molecule has 1 aliphatic heterocycles. The van der Waals surface area contributed by atoms with Gasteiger partial charge in [-0.2, -0.15) is 0 Å². The van der Waals surface area contributed by atoms with Crippen molar-refractivity contribution in [1.82, 2.24) is 10.2 Å². The standard InChI is InChI=1S/C14H24N2O5/c1-5-8(2)12(14(20)21-4)15-13(19)11-6-10(18)7-16(11)9(3)17/h8,10-12,18H,5-7H2,1-4H3,(H,15,19)/t8-,10-,11+,12-/m1/s1. The van der Waals surface area contributed by atoms with E-state index < -0.39 is 30.1 Å². The first-order chi connectivity index (χ1) is 9.81. The highest BCUT2D eigenvalue weighted by atomic mass is 16.5. The monoisotopic (exact) mass is 300 g/mol. The summed E-state index contributed by atoms with van der Waals surface area (Å²) in [6.45, 7) is 5.24. The van der Waals surface area contributed by atoms with Gasteiger partial charge in [-0.05, 0) is 5.92 Å². The number of aliphatic hydroxyl groups excluding tert-OH is 1. The Morgan fingerprint density at radius 3 is 2.52 bits per heavy atom. The van der Waals surface area contributed by atoms with Gasteiger partial charge in [-0.15, -0.1) is 0 Å². The molecule has 0 saturated carbocycles. The molecule has 0 aromatic rings. The van der Waals surface area contributed by atoms with Gasteiger partial charge in [-0.25, -0.2) is 4.79 Å². The van der Waals surface area contributed by atoms with Crippen molar-refractivity contribution in [3.63, 3.8) is 0 Å². The summed E-state index contributed by atoms with van der Waals surface area (Å²) >= 11 is 0. The first-order valence-corrected chi connectivity index (χ1v) is 7.15. The molecule has 2 N–H and O–H groups in total. The van der Waals surface area contributed by atoms with Crippen molar-refractivity contribution in [2.75, 3.05) is 13.7 Å². The zero-order valence-corrected chi connectivity index (χ0v) is 13.0. The third-order valence-electron chi connectivity index (χ3n) is 3.95. The Morgan fingerprint density at radius 1 is 1.43 bits per heavy atom. The average molecular weight is 300 g/mol. The minimum atomic E-state index is -0.751. The summed E-state index contributed by atoms with van der Waals surface area (Å²) in [7, 11) is 1.27. The maximum absolute atomic E-state index is 12.3. The Balaban J connectivity index is 2.81. The number of carbonyl (C=O) groups excluding carboxylic acids is 3. The maximum atomic E-state index is 12.3. The van der Waals surface area contributed by atoms with Gasteiger partial charge < -0.3 is 20.1 Å². The Bertz CT molecular complexity index is 412. The number of rotatable bonds is 5. The summed E-state index contributed by atoms with van der Waals surface area (Å²) in [5.41, 5.74) is 0. The maximum Gasteiger partial charge on any atom is 0.328 e. The summed E-state index contributed by atoms with van der Waals surface area (Å²) in [5.74, 6) is -1.30. The molecule has 0 aliphatic carbocycles. The summed E-state index contributed by atoms with van der Waals surface area (Å²) in [6, 6.07) is -1.49. The van der Waals surface area contributed by atoms with Crippen molar-refractivity contribution in [3.05, 3.63) is 0 Å². The molecule has 7 heteroatoms. The second kappa shape index (κ2) is 7.40. The van der Waals surface area contributed by atoms with Gasteiger partial charge in [0.05, 0.1) is 13.2 Å². The average Bonchev–Trinajstić information content (AvgIpc) is 2.85. The SMILES string of the molecule is CC[C@@H](C)[C@@H](NC(=O)[C@@H]1C[C@@H](O)CN1C(C)=O)C(=O)OC. The Hall–Kier alpha value is -1.63. The summed E-state index contributed by atoms with van der Waals surface area (Å²) < 4.78 is 4.71. The van der Waals surface area contributed by atoms with E-state index in [0.29, 0.717) is 6.42 Å². The van der Waals surface area contributed by atoms with Gasteiger partial charge in [0.2, 0.25) is 11.8 Å². The first kappa shape index (κ1) is 17.4. The minimum Gasteiger partial charge on any atom is -0.467 e. The number of amides is 2. The summed E-state index contributed by atoms with van der Waals surface area (Å²) in [5, 5.41) is 12.3. The lowest BCUT2D eigenvalue weighted by Gasteiger charge is -2.26. The number of hydrogen-bond donors (Lipinski definition) is 2. The number of ether oxygens (including phenoxy) is 1. The molecule has 0 unspecified atom stereocenters. The normalized spacial score (nSPS) is 24.3. The molecule has 1 rings (SSSR count). The van der Waals surface area contributed by atoms with Crippen LogP contribution in [-0.4, -0.2) is 59.6 Å². The van der Waals surface area contributed by atoms with Crippen molar-refractivity contribution in [3.8, 4) is 0 Å². The van der Waals surface area contributed by atoms with Gasteiger partial charge in [0.25, 0.3) is 0 Å². The van der Waals surface area contributed by atoms with Gasteiger partial charge in [-0.3, -0.25) is 9.59 Å². The third kappa shape index (κ3) is 4.17. The molecular weight excluding hydrogens is 276 g/mol. The molecule has 1 fully saturated rings. The molecule has 0 radical (unpaired) electrons. The van der Waals surface area contributed by atoms with E-state index in [1.54, 1.807) is 0 Å². The fourth-order valence-electron chi connectivity index (χ4n) is 2.46. The number of hydrogen-bond acceptors (Lipinski definition) is 5. The van der Waals surface area contributed by atoms with E-state index in [9.17, 15) is 19.5 Å². The minimum absolute atomic E-state index is 0.0847. The fraction of sp³-hybridized carbons (Fsp3) is 0.786. The third-order valence-corrected chi connectivity index (χ3v) is 3.95. The van der Waals surface area contributed by atoms with Crippen molar-refractivity contribution in [1.29, 1.82) is 0 Å². The van der Waals surface area contributed by atoms with Crippen LogP contribution in [0.1, 0.15) is 33.6 Å². The van der Waals surface area contributed by atoms with Crippen LogP contribution in [0.2, 0.25) is 0 Å². The van der Waals surface area contributed by atoms with Gasteiger partial charge in [0.15, 0.2) is 0 Å². The van der Waals surface area contributed by atoms with E-state index in [4.69, 9.17) is 4.74 Å². The summed E-state index contributed by atoms with van der Waals surface area (Å²) in [6.07, 6.45) is 0.161. The van der Waals surface area contributed by atoms with Gasteiger partial charge in [0.1, 0.15) is 12.1 Å². The second-order valence-electron chi connectivity index (χ2n) is 5.47. The lowest BCUT2D eigenvalue weighted by molar-refractivity contribution is -0.147. The molecule has 1 heterocycles. The van der Waals surface area contributed by atoms with Crippen LogP contribution in [0.5, 0.6) is 0 Å². The summed E-state index contributed by atoms with van der Waals surface area (Å²) in [4.78, 5) is 36.9. The molecule has 0 spiro atoms. The molecule has 0 aromatic carbocycles. The van der Waals surface area contributed by atoms with E-state index in [1.165, 1.54) is 18.9 Å².